The normalized spacial score (nSPS) is 16.2. The Morgan fingerprint density at radius 2 is 1.81 bits per heavy atom. The Balaban J connectivity index is 0.00000220. The Bertz CT molecular complexity index is 458. The Kier molecular flexibility index (Phi) is 7.37. The number of ether oxygens (including phenoxy) is 1. The number of rotatable bonds is 3. The number of hydrogen-bond donors (Lipinski definition) is 2. The van der Waals surface area contributed by atoms with E-state index >= 15 is 0 Å². The van der Waals surface area contributed by atoms with Crippen LogP contribution in [0.5, 0.6) is 5.75 Å². The van der Waals surface area contributed by atoms with E-state index in [2.05, 4.69) is 5.32 Å². The molecular formula is C16H25ClN2O2. The molecule has 0 atom stereocenters. The summed E-state index contributed by atoms with van der Waals surface area (Å²) < 4.78 is 5.11. The number of nitrogens with one attached hydrogen (secondary N) is 1. The number of benzene rings is 1. The molecule has 1 aromatic carbocycles. The molecule has 1 aliphatic carbocycles. The third-order valence-electron chi connectivity index (χ3n) is 3.97. The van der Waals surface area contributed by atoms with Crippen LogP contribution in [-0.4, -0.2) is 13.0 Å². The van der Waals surface area contributed by atoms with Crippen LogP contribution < -0.4 is 15.8 Å². The van der Waals surface area contributed by atoms with Gasteiger partial charge >= 0.3 is 0 Å². The number of amides is 1. The summed E-state index contributed by atoms with van der Waals surface area (Å²) >= 11 is 0. The molecule has 0 spiro atoms. The van der Waals surface area contributed by atoms with E-state index in [4.69, 9.17) is 10.5 Å². The molecule has 0 saturated heterocycles. The summed E-state index contributed by atoms with van der Waals surface area (Å²) in [5.41, 5.74) is 7.15. The first kappa shape index (κ1) is 17.6. The van der Waals surface area contributed by atoms with Crippen molar-refractivity contribution in [2.75, 3.05) is 18.2 Å². The lowest BCUT2D eigenvalue weighted by molar-refractivity contribution is -0.120. The van der Waals surface area contributed by atoms with Gasteiger partial charge in [0.2, 0.25) is 5.91 Å². The van der Waals surface area contributed by atoms with Gasteiger partial charge in [0.05, 0.1) is 12.8 Å². The molecule has 0 unspecified atom stereocenters. The summed E-state index contributed by atoms with van der Waals surface area (Å²) in [6.45, 7) is 0. The van der Waals surface area contributed by atoms with Crippen LogP contribution in [0, 0.1) is 5.92 Å². The number of carbonyl (C=O) groups excluding carboxylic acids is 1. The maximum absolute atomic E-state index is 12.3. The van der Waals surface area contributed by atoms with Crippen LogP contribution >= 0.6 is 12.4 Å². The predicted molar refractivity (Wildman–Crippen MR) is 89.1 cm³/mol. The fourth-order valence-corrected chi connectivity index (χ4v) is 2.77. The largest absolute Gasteiger partial charge is 0.495 e. The quantitative estimate of drug-likeness (QED) is 0.829. The molecule has 21 heavy (non-hydrogen) atoms. The van der Waals surface area contributed by atoms with Gasteiger partial charge < -0.3 is 15.8 Å². The van der Waals surface area contributed by atoms with E-state index in [1.807, 2.05) is 6.07 Å². The van der Waals surface area contributed by atoms with E-state index in [0.717, 1.165) is 31.4 Å². The number of nitrogens with two attached hydrogens (primary N) is 1. The van der Waals surface area contributed by atoms with Crippen molar-refractivity contribution < 1.29 is 9.53 Å². The van der Waals surface area contributed by atoms with E-state index in [9.17, 15) is 4.79 Å². The second-order valence-corrected chi connectivity index (χ2v) is 5.49. The van der Waals surface area contributed by atoms with Gasteiger partial charge in [-0.1, -0.05) is 32.1 Å². The Morgan fingerprint density at radius 3 is 2.38 bits per heavy atom. The van der Waals surface area contributed by atoms with Gasteiger partial charge in [0.25, 0.3) is 0 Å². The number of methoxy groups -OCH3 is 1. The standard InChI is InChI=1S/C16H24N2O2.ClH/c1-20-15-10-9-13(11-14(15)17)18-16(19)12-7-5-3-2-4-6-8-12;/h9-12H,2-8,17H2,1H3,(H,18,19);1H. The van der Waals surface area contributed by atoms with Crippen LogP contribution in [0.4, 0.5) is 11.4 Å². The summed E-state index contributed by atoms with van der Waals surface area (Å²) in [4.78, 5) is 12.3. The summed E-state index contributed by atoms with van der Waals surface area (Å²) in [5.74, 6) is 0.893. The molecule has 0 bridgehead atoms. The van der Waals surface area contributed by atoms with Crippen LogP contribution in [0.1, 0.15) is 44.9 Å². The minimum atomic E-state index is 0. The van der Waals surface area contributed by atoms with E-state index in [-0.39, 0.29) is 24.2 Å². The molecule has 1 aromatic rings. The van der Waals surface area contributed by atoms with Gasteiger partial charge in [-0.2, -0.15) is 0 Å². The number of hydrogen-bond acceptors (Lipinski definition) is 3. The Hall–Kier alpha value is -1.42. The first-order valence-electron chi connectivity index (χ1n) is 7.45. The first-order valence-corrected chi connectivity index (χ1v) is 7.45. The number of anilines is 2. The molecule has 1 aliphatic rings. The molecule has 1 saturated carbocycles. The molecule has 0 radical (unpaired) electrons. The van der Waals surface area contributed by atoms with Crippen molar-refractivity contribution in [1.82, 2.24) is 0 Å². The topological polar surface area (TPSA) is 64.3 Å². The highest BCUT2D eigenvalue weighted by Gasteiger charge is 2.19. The van der Waals surface area contributed by atoms with Crippen LogP contribution in [-0.2, 0) is 4.79 Å². The average Bonchev–Trinajstić information content (AvgIpc) is 2.38. The van der Waals surface area contributed by atoms with E-state index < -0.39 is 0 Å². The molecule has 1 fully saturated rings. The summed E-state index contributed by atoms with van der Waals surface area (Å²) in [6.07, 6.45) is 8.11. The van der Waals surface area contributed by atoms with Gasteiger partial charge in [-0.25, -0.2) is 0 Å². The molecule has 0 aromatic heterocycles. The maximum atomic E-state index is 12.3. The first-order chi connectivity index (χ1) is 9.70. The van der Waals surface area contributed by atoms with E-state index in [1.54, 1.807) is 19.2 Å². The van der Waals surface area contributed by atoms with Crippen molar-refractivity contribution >= 4 is 29.7 Å². The summed E-state index contributed by atoms with van der Waals surface area (Å²) in [7, 11) is 1.58. The minimum absolute atomic E-state index is 0. The second-order valence-electron chi connectivity index (χ2n) is 5.49. The van der Waals surface area contributed by atoms with Crippen molar-refractivity contribution in [1.29, 1.82) is 0 Å². The highest BCUT2D eigenvalue weighted by Crippen LogP contribution is 2.27. The smallest absolute Gasteiger partial charge is 0.227 e. The van der Waals surface area contributed by atoms with E-state index in [0.29, 0.717) is 11.4 Å². The zero-order valence-electron chi connectivity index (χ0n) is 12.6. The maximum Gasteiger partial charge on any atom is 0.227 e. The van der Waals surface area contributed by atoms with Crippen molar-refractivity contribution in [2.24, 2.45) is 5.92 Å². The second kappa shape index (κ2) is 8.78. The van der Waals surface area contributed by atoms with Gasteiger partial charge in [0.1, 0.15) is 5.75 Å². The minimum Gasteiger partial charge on any atom is -0.495 e. The van der Waals surface area contributed by atoms with Gasteiger partial charge in [0, 0.05) is 11.6 Å². The van der Waals surface area contributed by atoms with Crippen LogP contribution in [0.2, 0.25) is 0 Å². The third kappa shape index (κ3) is 5.12. The lowest BCUT2D eigenvalue weighted by Gasteiger charge is -2.19. The van der Waals surface area contributed by atoms with Crippen molar-refractivity contribution in [3.05, 3.63) is 18.2 Å². The lowest BCUT2D eigenvalue weighted by Crippen LogP contribution is -2.23. The number of nitrogen functional groups attached to an aromatic ring is 1. The van der Waals surface area contributed by atoms with Gasteiger partial charge in [0.15, 0.2) is 0 Å². The van der Waals surface area contributed by atoms with Crippen molar-refractivity contribution in [3.63, 3.8) is 0 Å². The monoisotopic (exact) mass is 312 g/mol. The van der Waals surface area contributed by atoms with Gasteiger partial charge in [-0.05, 0) is 31.0 Å². The van der Waals surface area contributed by atoms with Crippen molar-refractivity contribution in [3.8, 4) is 5.75 Å². The van der Waals surface area contributed by atoms with Crippen molar-refractivity contribution in [2.45, 2.75) is 44.9 Å². The van der Waals surface area contributed by atoms with E-state index in [1.165, 1.54) is 19.3 Å². The molecule has 0 aliphatic heterocycles. The zero-order chi connectivity index (χ0) is 14.4. The Morgan fingerprint density at radius 1 is 1.19 bits per heavy atom. The number of carbonyl (C=O) groups is 1. The molecular weight excluding hydrogens is 288 g/mol. The summed E-state index contributed by atoms with van der Waals surface area (Å²) in [5, 5.41) is 2.98. The molecule has 4 nitrogen and oxygen atoms in total. The molecule has 118 valence electrons. The fourth-order valence-electron chi connectivity index (χ4n) is 2.77. The predicted octanol–water partition coefficient (Wildman–Crippen LogP) is 4.00. The molecule has 5 heteroatoms. The molecule has 0 heterocycles. The Labute approximate surface area is 132 Å². The molecule has 3 N–H and O–H groups in total. The number of halogens is 1. The molecule has 1 amide bonds. The summed E-state index contributed by atoms with van der Waals surface area (Å²) in [6, 6.07) is 5.36. The zero-order valence-corrected chi connectivity index (χ0v) is 13.4. The van der Waals surface area contributed by atoms with Crippen LogP contribution in [0.25, 0.3) is 0 Å². The highest BCUT2D eigenvalue weighted by molar-refractivity contribution is 5.93. The van der Waals surface area contributed by atoms with Gasteiger partial charge in [-0.3, -0.25) is 4.79 Å². The van der Waals surface area contributed by atoms with Gasteiger partial charge in [-0.15, -0.1) is 12.4 Å². The highest BCUT2D eigenvalue weighted by atomic mass is 35.5. The lowest BCUT2D eigenvalue weighted by atomic mass is 9.90. The third-order valence-corrected chi connectivity index (χ3v) is 3.97. The molecule has 2 rings (SSSR count). The fraction of sp³-hybridized carbons (Fsp3) is 0.562. The SMILES string of the molecule is COc1ccc(NC(=O)C2CCCCCCC2)cc1N.Cl. The van der Waals surface area contributed by atoms with Crippen LogP contribution in [0.15, 0.2) is 18.2 Å². The average molecular weight is 313 g/mol. The van der Waals surface area contributed by atoms with Crippen LogP contribution in [0.3, 0.4) is 0 Å².